The van der Waals surface area contributed by atoms with Crippen molar-refractivity contribution in [2.24, 2.45) is 5.73 Å². The number of benzene rings is 2. The molecule has 0 atom stereocenters. The quantitative estimate of drug-likeness (QED) is 0.632. The van der Waals surface area contributed by atoms with Gasteiger partial charge in [0.15, 0.2) is 0 Å². The van der Waals surface area contributed by atoms with Crippen LogP contribution in [0.3, 0.4) is 0 Å². The summed E-state index contributed by atoms with van der Waals surface area (Å²) in [5.41, 5.74) is 5.24. The molecular weight excluding hydrogens is 381 g/mol. The molecule has 2 aromatic rings. The fourth-order valence-corrected chi connectivity index (χ4v) is 3.39. The maximum Gasteiger partial charge on any atom is 0.416 e. The Hall–Kier alpha value is -2.10. The monoisotopic (exact) mass is 402 g/mol. The maximum absolute atomic E-state index is 12.7. The van der Waals surface area contributed by atoms with Gasteiger partial charge in [-0.1, -0.05) is 18.2 Å². The van der Waals surface area contributed by atoms with Crippen LogP contribution in [0.5, 0.6) is 5.75 Å². The zero-order chi connectivity index (χ0) is 19.9. The summed E-state index contributed by atoms with van der Waals surface area (Å²) >= 11 is 0. The molecule has 0 aliphatic rings. The van der Waals surface area contributed by atoms with Crippen LogP contribution in [0.4, 0.5) is 13.2 Å². The summed E-state index contributed by atoms with van der Waals surface area (Å²) in [6.07, 6.45) is -3.51. The highest BCUT2D eigenvalue weighted by atomic mass is 32.2. The van der Waals surface area contributed by atoms with Crippen molar-refractivity contribution in [2.75, 3.05) is 19.7 Å². The Morgan fingerprint density at radius 2 is 1.81 bits per heavy atom. The summed E-state index contributed by atoms with van der Waals surface area (Å²) in [5, 5.41) is 0. The van der Waals surface area contributed by atoms with E-state index < -0.39 is 26.7 Å². The van der Waals surface area contributed by atoms with E-state index in [0.717, 1.165) is 30.2 Å². The third-order valence-electron chi connectivity index (χ3n) is 3.69. The smallest absolute Gasteiger partial charge is 0.416 e. The number of ether oxygens (including phenoxy) is 1. The molecule has 0 spiro atoms. The lowest BCUT2D eigenvalue weighted by molar-refractivity contribution is -0.137. The number of halogens is 3. The summed E-state index contributed by atoms with van der Waals surface area (Å²) in [4.78, 5) is -0.420. The van der Waals surface area contributed by atoms with Crippen LogP contribution in [-0.2, 0) is 22.6 Å². The molecule has 0 bridgehead atoms. The van der Waals surface area contributed by atoms with Crippen molar-refractivity contribution < 1.29 is 26.3 Å². The van der Waals surface area contributed by atoms with E-state index in [0.29, 0.717) is 31.4 Å². The SMILES string of the molecule is NCCCOc1cccc(CCNS(=O)(=O)c2cccc(C(F)(F)F)c2)c1. The number of nitrogens with two attached hydrogens (primary N) is 1. The van der Waals surface area contributed by atoms with Crippen molar-refractivity contribution in [3.63, 3.8) is 0 Å². The lowest BCUT2D eigenvalue weighted by Crippen LogP contribution is -2.26. The zero-order valence-electron chi connectivity index (χ0n) is 14.5. The van der Waals surface area contributed by atoms with Crippen LogP contribution >= 0.6 is 0 Å². The normalized spacial score (nSPS) is 12.1. The van der Waals surface area contributed by atoms with Crippen LogP contribution in [0.25, 0.3) is 0 Å². The molecule has 2 aromatic carbocycles. The Morgan fingerprint density at radius 1 is 1.07 bits per heavy atom. The first kappa shape index (κ1) is 21.2. The summed E-state index contributed by atoms with van der Waals surface area (Å²) < 4.78 is 70.5. The third-order valence-corrected chi connectivity index (χ3v) is 5.15. The molecule has 0 aliphatic carbocycles. The van der Waals surface area contributed by atoms with Gasteiger partial charge in [0.25, 0.3) is 0 Å². The molecular formula is C18H21F3N2O3S. The van der Waals surface area contributed by atoms with Crippen molar-refractivity contribution >= 4 is 10.0 Å². The highest BCUT2D eigenvalue weighted by Gasteiger charge is 2.31. The molecule has 9 heteroatoms. The highest BCUT2D eigenvalue weighted by molar-refractivity contribution is 7.89. The van der Waals surface area contributed by atoms with Crippen LogP contribution in [0.1, 0.15) is 17.5 Å². The molecule has 148 valence electrons. The first-order valence-corrected chi connectivity index (χ1v) is 9.79. The van der Waals surface area contributed by atoms with E-state index in [4.69, 9.17) is 10.5 Å². The Kier molecular flexibility index (Phi) is 7.23. The van der Waals surface area contributed by atoms with E-state index in [1.807, 2.05) is 6.07 Å². The summed E-state index contributed by atoms with van der Waals surface area (Å²) in [6.45, 7) is 1.06. The second-order valence-electron chi connectivity index (χ2n) is 5.81. The van der Waals surface area contributed by atoms with Gasteiger partial charge in [0, 0.05) is 6.54 Å². The van der Waals surface area contributed by atoms with E-state index in [1.54, 1.807) is 18.2 Å². The van der Waals surface area contributed by atoms with Crippen LogP contribution in [-0.4, -0.2) is 28.1 Å². The standard InChI is InChI=1S/C18H21F3N2O3S/c19-18(20,21)15-5-2-7-17(13-15)27(24,25)23-10-8-14-4-1-6-16(12-14)26-11-3-9-22/h1-2,4-7,12-13,23H,3,8-11,22H2. The predicted octanol–water partition coefficient (Wildman–Crippen LogP) is 2.95. The van der Waals surface area contributed by atoms with E-state index in [-0.39, 0.29) is 6.54 Å². The van der Waals surface area contributed by atoms with Crippen molar-refractivity contribution in [1.29, 1.82) is 0 Å². The Morgan fingerprint density at radius 3 is 2.52 bits per heavy atom. The van der Waals surface area contributed by atoms with Gasteiger partial charge >= 0.3 is 6.18 Å². The average Bonchev–Trinajstić information content (AvgIpc) is 2.62. The predicted molar refractivity (Wildman–Crippen MR) is 95.9 cm³/mol. The van der Waals surface area contributed by atoms with Crippen molar-refractivity contribution in [3.8, 4) is 5.75 Å². The number of alkyl halides is 3. The van der Waals surface area contributed by atoms with Crippen molar-refractivity contribution in [3.05, 3.63) is 59.7 Å². The largest absolute Gasteiger partial charge is 0.494 e. The molecule has 0 aliphatic heterocycles. The van der Waals surface area contributed by atoms with Crippen molar-refractivity contribution in [2.45, 2.75) is 23.9 Å². The summed E-state index contributed by atoms with van der Waals surface area (Å²) in [5.74, 6) is 0.654. The number of nitrogens with one attached hydrogen (secondary N) is 1. The van der Waals surface area contributed by atoms with Crippen molar-refractivity contribution in [1.82, 2.24) is 4.72 Å². The molecule has 0 radical (unpaired) electrons. The first-order valence-electron chi connectivity index (χ1n) is 8.31. The molecule has 0 saturated carbocycles. The van der Waals surface area contributed by atoms with E-state index in [2.05, 4.69) is 4.72 Å². The molecule has 0 saturated heterocycles. The fraction of sp³-hybridized carbons (Fsp3) is 0.333. The Balaban J connectivity index is 1.97. The van der Waals surface area contributed by atoms with Gasteiger partial charge in [0.1, 0.15) is 5.75 Å². The molecule has 5 nitrogen and oxygen atoms in total. The van der Waals surface area contributed by atoms with Crippen LogP contribution in [0.2, 0.25) is 0 Å². The van der Waals surface area contributed by atoms with Gasteiger partial charge in [-0.2, -0.15) is 13.2 Å². The molecule has 27 heavy (non-hydrogen) atoms. The van der Waals surface area contributed by atoms with Gasteiger partial charge in [0.05, 0.1) is 17.1 Å². The summed E-state index contributed by atoms with van der Waals surface area (Å²) in [6, 6.07) is 10.8. The van der Waals surface area contributed by atoms with Gasteiger partial charge in [-0.25, -0.2) is 13.1 Å². The number of sulfonamides is 1. The van der Waals surface area contributed by atoms with E-state index >= 15 is 0 Å². The van der Waals surface area contributed by atoms with Crippen LogP contribution < -0.4 is 15.2 Å². The van der Waals surface area contributed by atoms with Crippen LogP contribution in [0, 0.1) is 0 Å². The minimum Gasteiger partial charge on any atom is -0.494 e. The lowest BCUT2D eigenvalue weighted by atomic mass is 10.1. The molecule has 0 unspecified atom stereocenters. The molecule has 0 amide bonds. The van der Waals surface area contributed by atoms with Gasteiger partial charge in [-0.3, -0.25) is 0 Å². The Bertz CT molecular complexity index is 855. The van der Waals surface area contributed by atoms with Gasteiger partial charge in [-0.05, 0) is 55.3 Å². The lowest BCUT2D eigenvalue weighted by Gasteiger charge is -2.11. The van der Waals surface area contributed by atoms with Gasteiger partial charge < -0.3 is 10.5 Å². The second-order valence-corrected chi connectivity index (χ2v) is 7.58. The second kappa shape index (κ2) is 9.20. The van der Waals surface area contributed by atoms with E-state index in [9.17, 15) is 21.6 Å². The Labute approximate surface area is 156 Å². The molecule has 0 aromatic heterocycles. The topological polar surface area (TPSA) is 81.4 Å². The minimum atomic E-state index is -4.60. The average molecular weight is 402 g/mol. The number of hydrogen-bond donors (Lipinski definition) is 2. The molecule has 2 rings (SSSR count). The number of rotatable bonds is 9. The van der Waals surface area contributed by atoms with Gasteiger partial charge in [-0.15, -0.1) is 0 Å². The maximum atomic E-state index is 12.7. The molecule has 0 heterocycles. The summed E-state index contributed by atoms with van der Waals surface area (Å²) in [7, 11) is -4.04. The fourth-order valence-electron chi connectivity index (χ4n) is 2.32. The zero-order valence-corrected chi connectivity index (χ0v) is 15.3. The molecule has 3 N–H and O–H groups in total. The van der Waals surface area contributed by atoms with Gasteiger partial charge in [0.2, 0.25) is 10.0 Å². The number of hydrogen-bond acceptors (Lipinski definition) is 4. The minimum absolute atomic E-state index is 0.0465. The van der Waals surface area contributed by atoms with Crippen LogP contribution in [0.15, 0.2) is 53.4 Å². The molecule has 0 fully saturated rings. The van der Waals surface area contributed by atoms with E-state index in [1.165, 1.54) is 0 Å². The third kappa shape index (κ3) is 6.53. The first-order chi connectivity index (χ1) is 12.7. The highest BCUT2D eigenvalue weighted by Crippen LogP contribution is 2.30.